The molecule has 0 unspecified atom stereocenters. The first-order valence-corrected chi connectivity index (χ1v) is 12.3. The van der Waals surface area contributed by atoms with Crippen LogP contribution in [0, 0.1) is 0 Å². The van der Waals surface area contributed by atoms with Gasteiger partial charge in [-0.25, -0.2) is 9.79 Å². The van der Waals surface area contributed by atoms with E-state index in [1.54, 1.807) is 55.9 Å². The predicted molar refractivity (Wildman–Crippen MR) is 139 cm³/mol. The zero-order valence-corrected chi connectivity index (χ0v) is 20.8. The Morgan fingerprint density at radius 1 is 1.14 bits per heavy atom. The number of aromatic hydroxyl groups is 1. The highest BCUT2D eigenvalue weighted by atomic mass is 32.1. The van der Waals surface area contributed by atoms with Crippen LogP contribution >= 0.6 is 11.3 Å². The van der Waals surface area contributed by atoms with Gasteiger partial charge in [-0.05, 0) is 54.5 Å². The van der Waals surface area contributed by atoms with Gasteiger partial charge in [0.15, 0.2) is 4.80 Å². The van der Waals surface area contributed by atoms with E-state index >= 15 is 0 Å². The molecule has 1 N–H and O–H groups in total. The number of allylic oxidation sites excluding steroid dienone is 1. The summed E-state index contributed by atoms with van der Waals surface area (Å²) < 4.78 is 13.2. The van der Waals surface area contributed by atoms with Crippen molar-refractivity contribution in [2.45, 2.75) is 19.9 Å². The second-order valence-electron chi connectivity index (χ2n) is 8.30. The van der Waals surface area contributed by atoms with Gasteiger partial charge in [0, 0.05) is 5.56 Å². The number of ether oxygens (including phenoxy) is 2. The van der Waals surface area contributed by atoms with Crippen molar-refractivity contribution in [3.05, 3.63) is 103 Å². The van der Waals surface area contributed by atoms with E-state index in [1.807, 2.05) is 36.4 Å². The molecule has 0 fully saturated rings. The van der Waals surface area contributed by atoms with Crippen LogP contribution in [0.5, 0.6) is 11.5 Å². The van der Waals surface area contributed by atoms with Gasteiger partial charge >= 0.3 is 5.97 Å². The van der Waals surface area contributed by atoms with Crippen LogP contribution < -0.4 is 19.6 Å². The average Bonchev–Trinajstić information content (AvgIpc) is 3.18. The number of carbonyl (C=O) groups excluding carboxylic acids is 1. The topological polar surface area (TPSA) is 90.1 Å². The van der Waals surface area contributed by atoms with E-state index in [1.165, 1.54) is 11.3 Å². The number of methoxy groups -OCH3 is 1. The molecule has 3 aromatic carbocycles. The number of rotatable bonds is 5. The largest absolute Gasteiger partial charge is 0.508 e. The number of carbonyl (C=O) groups is 1. The highest BCUT2D eigenvalue weighted by molar-refractivity contribution is 7.07. The van der Waals surface area contributed by atoms with Crippen LogP contribution in [-0.4, -0.2) is 29.4 Å². The van der Waals surface area contributed by atoms with Gasteiger partial charge in [0.05, 0.1) is 29.5 Å². The number of phenolic OH excluding ortho intramolecular Hbond substituents is 1. The minimum absolute atomic E-state index is 0.145. The summed E-state index contributed by atoms with van der Waals surface area (Å²) in [7, 11) is 1.57. The van der Waals surface area contributed by atoms with Gasteiger partial charge in [-0.3, -0.25) is 9.36 Å². The molecule has 7 nitrogen and oxygen atoms in total. The van der Waals surface area contributed by atoms with Crippen LogP contribution in [0.2, 0.25) is 0 Å². The lowest BCUT2D eigenvalue weighted by atomic mass is 9.90. The molecule has 8 heteroatoms. The Balaban J connectivity index is 1.84. The minimum Gasteiger partial charge on any atom is -0.508 e. The van der Waals surface area contributed by atoms with E-state index < -0.39 is 12.0 Å². The summed E-state index contributed by atoms with van der Waals surface area (Å²) in [5.74, 6) is 0.182. The Labute approximate surface area is 210 Å². The van der Waals surface area contributed by atoms with Crippen molar-refractivity contribution in [2.24, 2.45) is 4.99 Å². The Bertz CT molecular complexity index is 1700. The van der Waals surface area contributed by atoms with Gasteiger partial charge in [0.2, 0.25) is 0 Å². The maximum Gasteiger partial charge on any atom is 0.338 e. The van der Waals surface area contributed by atoms with Crippen LogP contribution in [0.3, 0.4) is 0 Å². The summed E-state index contributed by atoms with van der Waals surface area (Å²) >= 11 is 1.25. The third-order valence-electron chi connectivity index (χ3n) is 6.13. The molecule has 0 aliphatic carbocycles. The molecule has 0 amide bonds. The summed E-state index contributed by atoms with van der Waals surface area (Å²) in [6.45, 7) is 3.70. The number of thiazole rings is 1. The van der Waals surface area contributed by atoms with Crippen molar-refractivity contribution in [2.75, 3.05) is 13.7 Å². The molecular formula is C28H24N2O5S. The molecular weight excluding hydrogens is 476 g/mol. The van der Waals surface area contributed by atoms with Gasteiger partial charge in [-0.15, -0.1) is 0 Å². The van der Waals surface area contributed by atoms with Gasteiger partial charge in [-0.2, -0.15) is 0 Å². The smallest absolute Gasteiger partial charge is 0.338 e. The van der Waals surface area contributed by atoms with Crippen LogP contribution in [0.1, 0.15) is 31.0 Å². The van der Waals surface area contributed by atoms with Crippen LogP contribution in [0.25, 0.3) is 16.8 Å². The SMILES string of the molecule is CCOC(=O)C1=C(C)N=c2s/c(=C\c3ccc(O)cc3)c(=O)n2[C@H]1c1c(OC)ccc2ccccc12. The van der Waals surface area contributed by atoms with Gasteiger partial charge in [0.25, 0.3) is 5.56 Å². The fourth-order valence-corrected chi connectivity index (χ4v) is 5.57. The normalized spacial score (nSPS) is 15.5. The van der Waals surface area contributed by atoms with Crippen molar-refractivity contribution in [3.63, 3.8) is 0 Å². The van der Waals surface area contributed by atoms with E-state index in [9.17, 15) is 14.7 Å². The van der Waals surface area contributed by atoms with Crippen molar-refractivity contribution in [3.8, 4) is 11.5 Å². The lowest BCUT2D eigenvalue weighted by Crippen LogP contribution is -2.40. The molecule has 1 aromatic heterocycles. The average molecular weight is 501 g/mol. The molecule has 0 radical (unpaired) electrons. The first-order chi connectivity index (χ1) is 17.4. The summed E-state index contributed by atoms with van der Waals surface area (Å²) in [6, 6.07) is 17.4. The van der Waals surface area contributed by atoms with E-state index in [-0.39, 0.29) is 17.9 Å². The third kappa shape index (κ3) is 3.99. The summed E-state index contributed by atoms with van der Waals surface area (Å²) in [4.78, 5) is 32.2. The molecule has 4 aromatic rings. The molecule has 36 heavy (non-hydrogen) atoms. The Hall–Kier alpha value is -4.17. The number of esters is 1. The monoisotopic (exact) mass is 500 g/mol. The number of phenols is 1. The van der Waals surface area contributed by atoms with E-state index in [2.05, 4.69) is 4.99 Å². The second kappa shape index (κ2) is 9.47. The highest BCUT2D eigenvalue weighted by Crippen LogP contribution is 2.40. The van der Waals surface area contributed by atoms with Gasteiger partial charge < -0.3 is 14.6 Å². The Kier molecular flexibility index (Phi) is 6.20. The fourth-order valence-electron chi connectivity index (χ4n) is 4.52. The number of benzene rings is 3. The molecule has 1 aliphatic heterocycles. The summed E-state index contributed by atoms with van der Waals surface area (Å²) in [6.07, 6.45) is 1.75. The van der Waals surface area contributed by atoms with E-state index in [0.29, 0.717) is 31.9 Å². The number of aromatic nitrogens is 1. The van der Waals surface area contributed by atoms with Crippen LogP contribution in [0.15, 0.2) is 81.7 Å². The summed E-state index contributed by atoms with van der Waals surface area (Å²) in [5.41, 5.74) is 1.98. The zero-order chi connectivity index (χ0) is 25.4. The summed E-state index contributed by atoms with van der Waals surface area (Å²) in [5, 5.41) is 11.4. The number of hydrogen-bond donors (Lipinski definition) is 1. The highest BCUT2D eigenvalue weighted by Gasteiger charge is 2.36. The maximum atomic E-state index is 13.9. The van der Waals surface area contributed by atoms with Gasteiger partial charge in [-0.1, -0.05) is 53.8 Å². The maximum absolute atomic E-state index is 13.9. The van der Waals surface area contributed by atoms with Gasteiger partial charge in [0.1, 0.15) is 17.5 Å². The van der Waals surface area contributed by atoms with Crippen molar-refractivity contribution < 1.29 is 19.4 Å². The van der Waals surface area contributed by atoms with E-state index in [0.717, 1.165) is 16.3 Å². The number of hydrogen-bond acceptors (Lipinski definition) is 7. The molecule has 1 atom stereocenters. The molecule has 0 saturated carbocycles. The lowest BCUT2D eigenvalue weighted by molar-refractivity contribution is -0.139. The van der Waals surface area contributed by atoms with E-state index in [4.69, 9.17) is 9.47 Å². The Morgan fingerprint density at radius 3 is 2.61 bits per heavy atom. The van der Waals surface area contributed by atoms with Crippen molar-refractivity contribution >= 4 is 34.2 Å². The first-order valence-electron chi connectivity index (χ1n) is 11.5. The van der Waals surface area contributed by atoms with Crippen molar-refractivity contribution in [1.82, 2.24) is 4.57 Å². The molecule has 2 heterocycles. The first kappa shape index (κ1) is 23.6. The number of fused-ring (bicyclic) bond motifs is 2. The van der Waals surface area contributed by atoms with Crippen molar-refractivity contribution in [1.29, 1.82) is 0 Å². The zero-order valence-electron chi connectivity index (χ0n) is 20.0. The molecule has 0 bridgehead atoms. The molecule has 0 saturated heterocycles. The lowest BCUT2D eigenvalue weighted by Gasteiger charge is -2.27. The number of nitrogens with zero attached hydrogens (tertiary/aromatic N) is 2. The molecule has 5 rings (SSSR count). The second-order valence-corrected chi connectivity index (χ2v) is 9.31. The minimum atomic E-state index is -0.789. The third-order valence-corrected chi connectivity index (χ3v) is 7.11. The predicted octanol–water partition coefficient (Wildman–Crippen LogP) is 3.67. The standard InChI is InChI=1S/C28H24N2O5S/c1-4-35-27(33)23-16(2)29-28-30(26(32)22(36-28)15-17-9-12-19(31)13-10-17)25(23)24-20-8-6-5-7-18(20)11-14-21(24)34-3/h5-15,25,31H,4H2,1-3H3/b22-15-/t25-/m1/s1. The van der Waals surface area contributed by atoms with Crippen LogP contribution in [-0.2, 0) is 9.53 Å². The molecule has 0 spiro atoms. The fraction of sp³-hybridized carbons (Fsp3) is 0.179. The molecule has 182 valence electrons. The Morgan fingerprint density at radius 2 is 1.89 bits per heavy atom. The molecule has 1 aliphatic rings. The van der Waals surface area contributed by atoms with Crippen LogP contribution in [0.4, 0.5) is 0 Å². The quantitative estimate of drug-likeness (QED) is 0.423.